The standard InChI is InChI=1S/C16H20N4S/c1-2-4-13(5-3-1)12-19-8-10-20(11-9-19)16-17-15(18-21-16)14-6-7-14/h1-5,14H,6-12H2. The van der Waals surface area contributed by atoms with E-state index in [-0.39, 0.29) is 0 Å². The second-order valence-electron chi connectivity index (χ2n) is 5.96. The smallest absolute Gasteiger partial charge is 0.205 e. The first-order valence-electron chi connectivity index (χ1n) is 7.73. The number of rotatable bonds is 4. The second-order valence-corrected chi connectivity index (χ2v) is 6.69. The highest BCUT2D eigenvalue weighted by Crippen LogP contribution is 2.39. The molecule has 1 aromatic heterocycles. The SMILES string of the molecule is c1ccc(CN2CCN(c3nc(C4CC4)ns3)CC2)cc1. The Kier molecular flexibility index (Phi) is 3.61. The summed E-state index contributed by atoms with van der Waals surface area (Å²) in [6.45, 7) is 5.39. The number of aromatic nitrogens is 2. The van der Waals surface area contributed by atoms with Gasteiger partial charge in [-0.25, -0.2) is 4.98 Å². The average molecular weight is 300 g/mol. The molecular weight excluding hydrogens is 280 g/mol. The third-order valence-corrected chi connectivity index (χ3v) is 5.06. The van der Waals surface area contributed by atoms with Crippen LogP contribution < -0.4 is 4.90 Å². The van der Waals surface area contributed by atoms with E-state index in [1.807, 2.05) is 0 Å². The summed E-state index contributed by atoms with van der Waals surface area (Å²) in [5.41, 5.74) is 1.40. The van der Waals surface area contributed by atoms with Gasteiger partial charge in [-0.1, -0.05) is 30.3 Å². The van der Waals surface area contributed by atoms with Gasteiger partial charge in [-0.3, -0.25) is 4.90 Å². The molecule has 2 aliphatic rings. The number of nitrogens with zero attached hydrogens (tertiary/aromatic N) is 4. The predicted molar refractivity (Wildman–Crippen MR) is 85.8 cm³/mol. The summed E-state index contributed by atoms with van der Waals surface area (Å²) in [5, 5.41) is 1.12. The van der Waals surface area contributed by atoms with E-state index >= 15 is 0 Å². The Hall–Kier alpha value is -1.46. The fraction of sp³-hybridized carbons (Fsp3) is 0.500. The number of anilines is 1. The zero-order valence-corrected chi connectivity index (χ0v) is 12.9. The summed E-state index contributed by atoms with van der Waals surface area (Å²) in [6, 6.07) is 10.7. The Balaban J connectivity index is 1.33. The van der Waals surface area contributed by atoms with E-state index in [0.29, 0.717) is 5.92 Å². The van der Waals surface area contributed by atoms with Gasteiger partial charge < -0.3 is 4.90 Å². The number of benzene rings is 1. The highest BCUT2D eigenvalue weighted by atomic mass is 32.1. The van der Waals surface area contributed by atoms with Crippen molar-refractivity contribution in [3.63, 3.8) is 0 Å². The zero-order chi connectivity index (χ0) is 14.1. The van der Waals surface area contributed by atoms with Crippen LogP contribution in [0.2, 0.25) is 0 Å². The average Bonchev–Trinajstić information content (AvgIpc) is 3.27. The lowest BCUT2D eigenvalue weighted by molar-refractivity contribution is 0.250. The van der Waals surface area contributed by atoms with Gasteiger partial charge in [0.15, 0.2) is 0 Å². The molecule has 5 heteroatoms. The Morgan fingerprint density at radius 1 is 1.05 bits per heavy atom. The Morgan fingerprint density at radius 3 is 2.52 bits per heavy atom. The van der Waals surface area contributed by atoms with Crippen molar-refractivity contribution in [2.24, 2.45) is 0 Å². The van der Waals surface area contributed by atoms with Gasteiger partial charge in [0.25, 0.3) is 0 Å². The maximum Gasteiger partial charge on any atom is 0.205 e. The van der Waals surface area contributed by atoms with Gasteiger partial charge in [-0.05, 0) is 18.4 Å². The number of hydrogen-bond donors (Lipinski definition) is 0. The third kappa shape index (κ3) is 3.09. The van der Waals surface area contributed by atoms with Gasteiger partial charge in [0, 0.05) is 50.2 Å². The molecule has 0 spiro atoms. The first kappa shape index (κ1) is 13.2. The molecule has 4 rings (SSSR count). The molecule has 1 aromatic carbocycles. The maximum absolute atomic E-state index is 4.72. The molecule has 1 aliphatic carbocycles. The molecule has 21 heavy (non-hydrogen) atoms. The Labute approximate surface area is 129 Å². The minimum Gasteiger partial charge on any atom is -0.344 e. The molecule has 0 bridgehead atoms. The molecule has 0 atom stereocenters. The van der Waals surface area contributed by atoms with Gasteiger partial charge in [0.2, 0.25) is 5.13 Å². The van der Waals surface area contributed by atoms with Gasteiger partial charge in [0.1, 0.15) is 5.82 Å². The lowest BCUT2D eigenvalue weighted by Gasteiger charge is -2.34. The first-order chi connectivity index (χ1) is 10.4. The van der Waals surface area contributed by atoms with E-state index < -0.39 is 0 Å². The van der Waals surface area contributed by atoms with Crippen LogP contribution in [-0.2, 0) is 6.54 Å². The highest BCUT2D eigenvalue weighted by Gasteiger charge is 2.29. The minimum absolute atomic E-state index is 0.661. The molecule has 110 valence electrons. The lowest BCUT2D eigenvalue weighted by Crippen LogP contribution is -2.45. The van der Waals surface area contributed by atoms with E-state index in [9.17, 15) is 0 Å². The zero-order valence-electron chi connectivity index (χ0n) is 12.1. The summed E-state index contributed by atoms with van der Waals surface area (Å²) in [7, 11) is 0. The predicted octanol–water partition coefficient (Wildman–Crippen LogP) is 2.74. The Morgan fingerprint density at radius 2 is 1.81 bits per heavy atom. The molecule has 0 radical (unpaired) electrons. The molecule has 1 saturated heterocycles. The van der Waals surface area contributed by atoms with E-state index in [1.165, 1.54) is 18.4 Å². The summed E-state index contributed by atoms with van der Waals surface area (Å²) in [4.78, 5) is 9.64. The van der Waals surface area contributed by atoms with E-state index in [1.54, 1.807) is 11.5 Å². The first-order valence-corrected chi connectivity index (χ1v) is 8.51. The van der Waals surface area contributed by atoms with E-state index in [2.05, 4.69) is 44.5 Å². The number of hydrogen-bond acceptors (Lipinski definition) is 5. The molecule has 2 aromatic rings. The van der Waals surface area contributed by atoms with Gasteiger partial charge >= 0.3 is 0 Å². The van der Waals surface area contributed by atoms with Gasteiger partial charge in [0.05, 0.1) is 0 Å². The molecule has 2 heterocycles. The fourth-order valence-corrected chi connectivity index (χ4v) is 3.60. The normalized spacial score (nSPS) is 19.9. The quantitative estimate of drug-likeness (QED) is 0.869. The number of piperazine rings is 1. The molecule has 0 N–H and O–H groups in total. The van der Waals surface area contributed by atoms with Crippen molar-refractivity contribution in [3.8, 4) is 0 Å². The summed E-state index contributed by atoms with van der Waals surface area (Å²) in [6.07, 6.45) is 2.56. The van der Waals surface area contributed by atoms with Crippen molar-refractivity contribution in [2.75, 3.05) is 31.1 Å². The monoisotopic (exact) mass is 300 g/mol. The van der Waals surface area contributed by atoms with Gasteiger partial charge in [-0.15, -0.1) is 0 Å². The fourth-order valence-electron chi connectivity index (χ4n) is 2.80. The van der Waals surface area contributed by atoms with Crippen molar-refractivity contribution in [1.82, 2.24) is 14.3 Å². The minimum atomic E-state index is 0.661. The molecule has 1 aliphatic heterocycles. The van der Waals surface area contributed by atoms with Crippen molar-refractivity contribution >= 4 is 16.7 Å². The van der Waals surface area contributed by atoms with E-state index in [4.69, 9.17) is 4.98 Å². The molecule has 2 fully saturated rings. The van der Waals surface area contributed by atoms with Crippen molar-refractivity contribution in [1.29, 1.82) is 0 Å². The summed E-state index contributed by atoms with van der Waals surface area (Å²) < 4.78 is 4.52. The van der Waals surface area contributed by atoms with Crippen LogP contribution in [-0.4, -0.2) is 40.4 Å². The Bertz CT molecular complexity index is 585. The van der Waals surface area contributed by atoms with Crippen LogP contribution in [0.15, 0.2) is 30.3 Å². The third-order valence-electron chi connectivity index (χ3n) is 4.27. The van der Waals surface area contributed by atoms with Crippen LogP contribution in [0, 0.1) is 0 Å². The van der Waals surface area contributed by atoms with Crippen LogP contribution in [0.1, 0.15) is 30.1 Å². The maximum atomic E-state index is 4.72. The van der Waals surface area contributed by atoms with Crippen LogP contribution in [0.25, 0.3) is 0 Å². The van der Waals surface area contributed by atoms with Crippen molar-refractivity contribution in [3.05, 3.63) is 41.7 Å². The molecule has 4 nitrogen and oxygen atoms in total. The molecule has 1 saturated carbocycles. The topological polar surface area (TPSA) is 32.3 Å². The lowest BCUT2D eigenvalue weighted by atomic mass is 10.2. The highest BCUT2D eigenvalue weighted by molar-refractivity contribution is 7.09. The molecule has 0 unspecified atom stereocenters. The van der Waals surface area contributed by atoms with Crippen LogP contribution in [0.5, 0.6) is 0 Å². The van der Waals surface area contributed by atoms with Crippen LogP contribution in [0.4, 0.5) is 5.13 Å². The van der Waals surface area contributed by atoms with Crippen molar-refractivity contribution in [2.45, 2.75) is 25.3 Å². The second kappa shape index (κ2) is 5.73. The van der Waals surface area contributed by atoms with E-state index in [0.717, 1.165) is 43.7 Å². The summed E-state index contributed by atoms with van der Waals surface area (Å²) >= 11 is 1.58. The van der Waals surface area contributed by atoms with Gasteiger partial charge in [-0.2, -0.15) is 4.37 Å². The van der Waals surface area contributed by atoms with Crippen molar-refractivity contribution < 1.29 is 0 Å². The van der Waals surface area contributed by atoms with Crippen LogP contribution in [0.3, 0.4) is 0 Å². The largest absolute Gasteiger partial charge is 0.344 e. The molecule has 0 amide bonds. The molecular formula is C16H20N4S. The summed E-state index contributed by atoms with van der Waals surface area (Å²) in [5.74, 6) is 1.75. The van der Waals surface area contributed by atoms with Crippen LogP contribution >= 0.6 is 11.5 Å².